The average Bonchev–Trinajstić information content (AvgIpc) is 3.01. The van der Waals surface area contributed by atoms with Crippen molar-refractivity contribution < 1.29 is 9.47 Å². The molecule has 0 N–H and O–H groups in total. The Hall–Kier alpha value is -0.730. The van der Waals surface area contributed by atoms with Crippen LogP contribution < -0.4 is 4.74 Å². The number of alkyl halides is 1. The quantitative estimate of drug-likeness (QED) is 0.552. The van der Waals surface area contributed by atoms with E-state index in [-0.39, 0.29) is 0 Å². The van der Waals surface area contributed by atoms with Gasteiger partial charge in [-0.3, -0.25) is 0 Å². The Kier molecular flexibility index (Phi) is 3.27. The number of epoxide rings is 1. The minimum atomic E-state index is 0.317. The second kappa shape index (κ2) is 4.67. The van der Waals surface area contributed by atoms with Crippen molar-refractivity contribution in [1.29, 1.82) is 0 Å². The first-order chi connectivity index (χ1) is 6.88. The summed E-state index contributed by atoms with van der Waals surface area (Å²) in [7, 11) is 0. The molecule has 1 saturated heterocycles. The Morgan fingerprint density at radius 3 is 2.64 bits per heavy atom. The molecule has 0 aliphatic carbocycles. The van der Waals surface area contributed by atoms with E-state index in [9.17, 15) is 0 Å². The average molecular weight is 213 g/mol. The SMILES string of the molecule is ClCCc1ccc(OCC2CO2)cc1. The van der Waals surface area contributed by atoms with Crippen molar-refractivity contribution in [3.63, 3.8) is 0 Å². The van der Waals surface area contributed by atoms with Crippen LogP contribution in [0.4, 0.5) is 0 Å². The molecule has 0 saturated carbocycles. The number of benzene rings is 1. The van der Waals surface area contributed by atoms with Crippen LogP contribution in [0.5, 0.6) is 5.75 Å². The highest BCUT2D eigenvalue weighted by molar-refractivity contribution is 6.17. The molecule has 1 aliphatic rings. The molecule has 1 heterocycles. The lowest BCUT2D eigenvalue weighted by Crippen LogP contribution is -2.03. The molecule has 1 fully saturated rings. The van der Waals surface area contributed by atoms with Gasteiger partial charge in [-0.25, -0.2) is 0 Å². The summed E-state index contributed by atoms with van der Waals surface area (Å²) in [6.45, 7) is 1.50. The standard InChI is InChI=1S/C11H13ClO2/c12-6-5-9-1-3-10(4-2-9)13-7-11-8-14-11/h1-4,11H,5-8H2. The molecule has 1 aliphatic heterocycles. The largest absolute Gasteiger partial charge is 0.491 e. The van der Waals surface area contributed by atoms with Gasteiger partial charge in [-0.15, -0.1) is 11.6 Å². The first kappa shape index (κ1) is 9.81. The zero-order valence-electron chi connectivity index (χ0n) is 7.91. The van der Waals surface area contributed by atoms with E-state index >= 15 is 0 Å². The first-order valence-corrected chi connectivity index (χ1v) is 5.31. The van der Waals surface area contributed by atoms with Gasteiger partial charge in [-0.2, -0.15) is 0 Å². The second-order valence-electron chi connectivity index (χ2n) is 3.35. The van der Waals surface area contributed by atoms with Gasteiger partial charge in [-0.1, -0.05) is 12.1 Å². The molecule has 0 aromatic heterocycles. The van der Waals surface area contributed by atoms with Crippen LogP contribution >= 0.6 is 11.6 Å². The summed E-state index contributed by atoms with van der Waals surface area (Å²) in [5.41, 5.74) is 1.25. The van der Waals surface area contributed by atoms with E-state index in [2.05, 4.69) is 0 Å². The Labute approximate surface area is 88.8 Å². The van der Waals surface area contributed by atoms with Gasteiger partial charge >= 0.3 is 0 Å². The fourth-order valence-electron chi connectivity index (χ4n) is 1.21. The molecule has 2 nitrogen and oxygen atoms in total. The van der Waals surface area contributed by atoms with Gasteiger partial charge < -0.3 is 9.47 Å². The van der Waals surface area contributed by atoms with Crippen LogP contribution in [0.3, 0.4) is 0 Å². The van der Waals surface area contributed by atoms with E-state index in [1.165, 1.54) is 5.56 Å². The second-order valence-corrected chi connectivity index (χ2v) is 3.73. The van der Waals surface area contributed by atoms with Gasteiger partial charge in [0, 0.05) is 5.88 Å². The van der Waals surface area contributed by atoms with Crippen LogP contribution in [0, 0.1) is 0 Å². The third kappa shape index (κ3) is 2.89. The smallest absolute Gasteiger partial charge is 0.119 e. The normalized spacial score (nSPS) is 19.4. The summed E-state index contributed by atoms with van der Waals surface area (Å²) >= 11 is 5.64. The Bertz CT molecular complexity index is 280. The molecule has 2 rings (SSSR count). The monoisotopic (exact) mass is 212 g/mol. The molecule has 14 heavy (non-hydrogen) atoms. The zero-order chi connectivity index (χ0) is 9.80. The van der Waals surface area contributed by atoms with Crippen molar-refractivity contribution in [2.24, 2.45) is 0 Å². The molecule has 0 amide bonds. The minimum absolute atomic E-state index is 0.317. The maximum Gasteiger partial charge on any atom is 0.119 e. The molecular formula is C11H13ClO2. The van der Waals surface area contributed by atoms with Crippen molar-refractivity contribution >= 4 is 11.6 Å². The number of hydrogen-bond donors (Lipinski definition) is 0. The molecule has 0 radical (unpaired) electrons. The van der Waals surface area contributed by atoms with Crippen molar-refractivity contribution in [2.75, 3.05) is 19.1 Å². The highest BCUT2D eigenvalue weighted by Gasteiger charge is 2.22. The summed E-state index contributed by atoms with van der Waals surface area (Å²) in [6.07, 6.45) is 1.23. The predicted octanol–water partition coefficient (Wildman–Crippen LogP) is 2.25. The lowest BCUT2D eigenvalue weighted by molar-refractivity contribution is 0.263. The fourth-order valence-corrected chi connectivity index (χ4v) is 1.43. The third-order valence-electron chi connectivity index (χ3n) is 2.14. The number of ether oxygens (including phenoxy) is 2. The van der Waals surface area contributed by atoms with Crippen molar-refractivity contribution in [3.8, 4) is 5.75 Å². The van der Waals surface area contributed by atoms with Crippen molar-refractivity contribution in [1.82, 2.24) is 0 Å². The maximum absolute atomic E-state index is 5.64. The van der Waals surface area contributed by atoms with E-state index < -0.39 is 0 Å². The van der Waals surface area contributed by atoms with E-state index in [1.54, 1.807) is 0 Å². The Morgan fingerprint density at radius 1 is 1.36 bits per heavy atom. The van der Waals surface area contributed by atoms with Crippen LogP contribution in [-0.2, 0) is 11.2 Å². The van der Waals surface area contributed by atoms with Gasteiger partial charge in [0.05, 0.1) is 6.61 Å². The van der Waals surface area contributed by atoms with Crippen LogP contribution in [-0.4, -0.2) is 25.2 Å². The number of aryl methyl sites for hydroxylation is 1. The molecular weight excluding hydrogens is 200 g/mol. The number of hydrogen-bond acceptors (Lipinski definition) is 2. The lowest BCUT2D eigenvalue weighted by atomic mass is 10.2. The van der Waals surface area contributed by atoms with Crippen LogP contribution in [0.25, 0.3) is 0 Å². The zero-order valence-corrected chi connectivity index (χ0v) is 8.67. The van der Waals surface area contributed by atoms with Crippen LogP contribution in [0.15, 0.2) is 24.3 Å². The summed E-state index contributed by atoms with van der Waals surface area (Å²) < 4.78 is 10.6. The molecule has 1 aromatic carbocycles. The summed E-state index contributed by atoms with van der Waals surface area (Å²) in [5, 5.41) is 0. The van der Waals surface area contributed by atoms with Gasteiger partial charge in [0.25, 0.3) is 0 Å². The van der Waals surface area contributed by atoms with Crippen LogP contribution in [0.1, 0.15) is 5.56 Å². The highest BCUT2D eigenvalue weighted by Crippen LogP contribution is 2.16. The highest BCUT2D eigenvalue weighted by atomic mass is 35.5. The van der Waals surface area contributed by atoms with Crippen LogP contribution in [0.2, 0.25) is 0 Å². The Morgan fingerprint density at radius 2 is 2.07 bits per heavy atom. The Balaban J connectivity index is 1.84. The van der Waals surface area contributed by atoms with E-state index in [0.29, 0.717) is 18.6 Å². The van der Waals surface area contributed by atoms with Gasteiger partial charge in [0.1, 0.15) is 18.5 Å². The van der Waals surface area contributed by atoms with E-state index in [4.69, 9.17) is 21.1 Å². The lowest BCUT2D eigenvalue weighted by Gasteiger charge is -2.04. The van der Waals surface area contributed by atoms with E-state index in [1.807, 2.05) is 24.3 Å². The minimum Gasteiger partial charge on any atom is -0.491 e. The van der Waals surface area contributed by atoms with E-state index in [0.717, 1.165) is 18.8 Å². The molecule has 76 valence electrons. The summed E-state index contributed by atoms with van der Waals surface area (Å²) in [6, 6.07) is 8.05. The first-order valence-electron chi connectivity index (χ1n) is 4.78. The predicted molar refractivity (Wildman–Crippen MR) is 56.1 cm³/mol. The third-order valence-corrected chi connectivity index (χ3v) is 2.33. The van der Waals surface area contributed by atoms with Gasteiger partial charge in [-0.05, 0) is 24.1 Å². The summed E-state index contributed by atoms with van der Waals surface area (Å²) in [4.78, 5) is 0. The van der Waals surface area contributed by atoms with Gasteiger partial charge in [0.15, 0.2) is 0 Å². The molecule has 3 heteroatoms. The van der Waals surface area contributed by atoms with Gasteiger partial charge in [0.2, 0.25) is 0 Å². The molecule has 1 atom stereocenters. The molecule has 1 unspecified atom stereocenters. The number of halogens is 1. The van der Waals surface area contributed by atoms with Crippen molar-refractivity contribution in [3.05, 3.63) is 29.8 Å². The molecule has 0 bridgehead atoms. The number of rotatable bonds is 5. The molecule has 0 spiro atoms. The fraction of sp³-hybridized carbons (Fsp3) is 0.455. The molecule has 1 aromatic rings. The topological polar surface area (TPSA) is 21.8 Å². The van der Waals surface area contributed by atoms with Crippen molar-refractivity contribution in [2.45, 2.75) is 12.5 Å². The maximum atomic E-state index is 5.64. The summed E-state index contributed by atoms with van der Waals surface area (Å²) in [5.74, 6) is 1.56.